The van der Waals surface area contributed by atoms with Gasteiger partial charge >= 0.3 is 23.9 Å². The fourth-order valence-corrected chi connectivity index (χ4v) is 2.79. The zero-order valence-electron chi connectivity index (χ0n) is 15.8. The van der Waals surface area contributed by atoms with Gasteiger partial charge in [-0.2, -0.15) is 0 Å². The number of carbonyl (C=O) groups is 4. The molecule has 0 aliphatic carbocycles. The molecule has 8 heteroatoms. The van der Waals surface area contributed by atoms with Gasteiger partial charge < -0.3 is 19.7 Å². The summed E-state index contributed by atoms with van der Waals surface area (Å²) in [7, 11) is 0. The van der Waals surface area contributed by atoms with E-state index in [2.05, 4.69) is 11.7 Å². The van der Waals surface area contributed by atoms with Gasteiger partial charge in [0.25, 0.3) is 5.60 Å². The maximum absolute atomic E-state index is 11.8. The molecule has 0 aliphatic heterocycles. The van der Waals surface area contributed by atoms with Crippen molar-refractivity contribution in [2.24, 2.45) is 0 Å². The smallest absolute Gasteiger partial charge is 0.352 e. The molecule has 0 bridgehead atoms. The van der Waals surface area contributed by atoms with E-state index in [1.807, 2.05) is 0 Å². The minimum atomic E-state index is -2.44. The van der Waals surface area contributed by atoms with Gasteiger partial charge in [0.15, 0.2) is 0 Å². The summed E-state index contributed by atoms with van der Waals surface area (Å²) >= 11 is 0. The zero-order valence-corrected chi connectivity index (χ0v) is 15.8. The van der Waals surface area contributed by atoms with E-state index in [-0.39, 0.29) is 6.42 Å². The first-order chi connectivity index (χ1) is 12.2. The van der Waals surface area contributed by atoms with E-state index in [1.165, 1.54) is 6.42 Å². The third-order valence-electron chi connectivity index (χ3n) is 4.02. The number of hydrogen-bond acceptors (Lipinski definition) is 6. The Balaban J connectivity index is 5.03. The van der Waals surface area contributed by atoms with Crippen LogP contribution in [0.3, 0.4) is 0 Å². The topological polar surface area (TPSA) is 127 Å². The minimum absolute atomic E-state index is 0.249. The second kappa shape index (κ2) is 12.3. The number of carboxylic acids is 2. The van der Waals surface area contributed by atoms with E-state index < -0.39 is 35.6 Å². The van der Waals surface area contributed by atoms with Crippen LogP contribution in [0.15, 0.2) is 0 Å². The largest absolute Gasteiger partial charge is 0.478 e. The van der Waals surface area contributed by atoms with Gasteiger partial charge in [-0.25, -0.2) is 9.59 Å². The molecule has 0 aliphatic rings. The lowest BCUT2D eigenvalue weighted by Crippen LogP contribution is -2.57. The van der Waals surface area contributed by atoms with Crippen LogP contribution in [-0.4, -0.2) is 45.8 Å². The normalized spacial score (nSPS) is 14.1. The predicted molar refractivity (Wildman–Crippen MR) is 92.5 cm³/mol. The lowest BCUT2D eigenvalue weighted by Gasteiger charge is -2.33. The Morgan fingerprint density at radius 1 is 0.846 bits per heavy atom. The average Bonchev–Trinajstić information content (AvgIpc) is 2.53. The summed E-state index contributed by atoms with van der Waals surface area (Å²) in [4.78, 5) is 45.9. The predicted octanol–water partition coefficient (Wildman–Crippen LogP) is 2.92. The number of carboxylic acid groups (broad SMARTS) is 2. The third-order valence-corrected chi connectivity index (χ3v) is 4.02. The molecule has 0 fully saturated rings. The van der Waals surface area contributed by atoms with Gasteiger partial charge in [-0.3, -0.25) is 9.59 Å². The molecule has 0 unspecified atom stereocenters. The summed E-state index contributed by atoms with van der Waals surface area (Å²) in [5, 5.41) is 18.9. The van der Waals surface area contributed by atoms with Crippen LogP contribution < -0.4 is 0 Å². The molecule has 26 heavy (non-hydrogen) atoms. The van der Waals surface area contributed by atoms with E-state index in [9.17, 15) is 29.4 Å². The Morgan fingerprint density at radius 3 is 1.73 bits per heavy atom. The highest BCUT2D eigenvalue weighted by molar-refractivity contribution is 5.91. The highest BCUT2D eigenvalue weighted by atomic mass is 16.6. The Morgan fingerprint density at radius 2 is 1.35 bits per heavy atom. The number of hydrogen-bond donors (Lipinski definition) is 2. The molecule has 2 atom stereocenters. The van der Waals surface area contributed by atoms with E-state index >= 15 is 0 Å². The quantitative estimate of drug-likeness (QED) is 0.351. The number of rotatable bonds is 14. The van der Waals surface area contributed by atoms with E-state index in [0.717, 1.165) is 46.0 Å². The molecule has 0 radical (unpaired) electrons. The molecule has 2 N–H and O–H groups in total. The fraction of sp³-hybridized carbons (Fsp3) is 0.778. The molecule has 0 aromatic carbocycles. The Bertz CT molecular complexity index is 488. The van der Waals surface area contributed by atoms with Crippen LogP contribution in [0.2, 0.25) is 0 Å². The minimum Gasteiger partial charge on any atom is -0.478 e. The standard InChI is InChI=1S/C18H30O8/c1-4-5-6-7-8-9-10-11-12-18(17(23)24,26-14(3)20)15(16(21)22)25-13(2)19/h15H,4-12H2,1-3H3,(H,21,22)(H,23,24)/t15-,18+/m0/s1. The van der Waals surface area contributed by atoms with Crippen LogP contribution in [0, 0.1) is 0 Å². The average molecular weight is 374 g/mol. The molecule has 0 heterocycles. The lowest BCUT2D eigenvalue weighted by atomic mass is 9.89. The Labute approximate surface area is 153 Å². The molecule has 150 valence electrons. The SMILES string of the molecule is CCCCCCCCCC[C@](OC(C)=O)(C(=O)O)[C@@H](OC(C)=O)C(=O)O. The number of esters is 2. The summed E-state index contributed by atoms with van der Waals surface area (Å²) < 4.78 is 9.55. The number of carbonyl (C=O) groups excluding carboxylic acids is 2. The Hall–Kier alpha value is -2.12. The van der Waals surface area contributed by atoms with Gasteiger partial charge in [-0.05, 0) is 6.42 Å². The van der Waals surface area contributed by atoms with Crippen molar-refractivity contribution in [2.75, 3.05) is 0 Å². The molecule has 0 saturated heterocycles. The van der Waals surface area contributed by atoms with Crippen LogP contribution in [0.25, 0.3) is 0 Å². The van der Waals surface area contributed by atoms with Gasteiger partial charge in [0.05, 0.1) is 0 Å². The van der Waals surface area contributed by atoms with Crippen molar-refractivity contribution in [1.29, 1.82) is 0 Å². The number of ether oxygens (including phenoxy) is 2. The number of aliphatic carboxylic acids is 2. The first-order valence-corrected chi connectivity index (χ1v) is 9.00. The summed E-state index contributed by atoms with van der Waals surface area (Å²) in [6.07, 6.45) is 5.07. The first kappa shape index (κ1) is 23.9. The molecular formula is C18H30O8. The molecule has 0 amide bonds. The van der Waals surface area contributed by atoms with Crippen molar-refractivity contribution in [3.63, 3.8) is 0 Å². The highest BCUT2D eigenvalue weighted by Crippen LogP contribution is 2.28. The van der Waals surface area contributed by atoms with Gasteiger partial charge in [-0.1, -0.05) is 51.9 Å². The van der Waals surface area contributed by atoms with Crippen LogP contribution >= 0.6 is 0 Å². The van der Waals surface area contributed by atoms with E-state index in [4.69, 9.17) is 4.74 Å². The van der Waals surface area contributed by atoms with Gasteiger partial charge in [0.2, 0.25) is 6.10 Å². The number of unbranched alkanes of at least 4 members (excludes halogenated alkanes) is 7. The fourth-order valence-electron chi connectivity index (χ4n) is 2.79. The molecule has 8 nitrogen and oxygen atoms in total. The highest BCUT2D eigenvalue weighted by Gasteiger charge is 2.55. The van der Waals surface area contributed by atoms with Gasteiger partial charge in [0.1, 0.15) is 0 Å². The van der Waals surface area contributed by atoms with Crippen molar-refractivity contribution in [3.05, 3.63) is 0 Å². The van der Waals surface area contributed by atoms with Crippen LogP contribution in [0.4, 0.5) is 0 Å². The second-order valence-corrected chi connectivity index (χ2v) is 6.34. The van der Waals surface area contributed by atoms with Crippen molar-refractivity contribution in [1.82, 2.24) is 0 Å². The molecule has 0 spiro atoms. The van der Waals surface area contributed by atoms with E-state index in [1.54, 1.807) is 0 Å². The van der Waals surface area contributed by atoms with Crippen molar-refractivity contribution < 1.29 is 38.9 Å². The summed E-state index contributed by atoms with van der Waals surface area (Å²) in [6, 6.07) is 0. The molecule has 0 rings (SSSR count). The van der Waals surface area contributed by atoms with E-state index in [0.29, 0.717) is 12.8 Å². The van der Waals surface area contributed by atoms with Gasteiger partial charge in [0, 0.05) is 20.3 Å². The zero-order chi connectivity index (χ0) is 20.2. The Kier molecular flexibility index (Phi) is 11.3. The first-order valence-electron chi connectivity index (χ1n) is 9.00. The maximum Gasteiger partial charge on any atom is 0.352 e. The van der Waals surface area contributed by atoms with Crippen LogP contribution in [-0.2, 0) is 28.7 Å². The van der Waals surface area contributed by atoms with Crippen molar-refractivity contribution in [2.45, 2.75) is 90.3 Å². The summed E-state index contributed by atoms with van der Waals surface area (Å²) in [5.41, 5.74) is -2.44. The lowest BCUT2D eigenvalue weighted by molar-refractivity contribution is -0.206. The van der Waals surface area contributed by atoms with Crippen LogP contribution in [0.5, 0.6) is 0 Å². The summed E-state index contributed by atoms with van der Waals surface area (Å²) in [6.45, 7) is 4.08. The second-order valence-electron chi connectivity index (χ2n) is 6.34. The van der Waals surface area contributed by atoms with Gasteiger partial charge in [-0.15, -0.1) is 0 Å². The molecule has 0 aromatic heterocycles. The third kappa shape index (κ3) is 8.31. The molecule has 0 aromatic rings. The summed E-state index contributed by atoms with van der Waals surface area (Å²) in [5.74, 6) is -5.25. The van der Waals surface area contributed by atoms with Crippen LogP contribution in [0.1, 0.15) is 78.6 Å². The van der Waals surface area contributed by atoms with Crippen molar-refractivity contribution >= 4 is 23.9 Å². The van der Waals surface area contributed by atoms with Crippen molar-refractivity contribution in [3.8, 4) is 0 Å². The maximum atomic E-state index is 11.8. The molecular weight excluding hydrogens is 344 g/mol. The molecule has 0 saturated carbocycles. The monoisotopic (exact) mass is 374 g/mol.